The molecule has 2 fully saturated rings. The molecule has 8 nitrogen and oxygen atoms in total. The minimum absolute atomic E-state index is 0.122. The molecule has 1 aromatic heterocycles. The van der Waals surface area contributed by atoms with E-state index in [9.17, 15) is 27.1 Å². The van der Waals surface area contributed by atoms with Crippen LogP contribution >= 0.6 is 0 Å². The van der Waals surface area contributed by atoms with Crippen LogP contribution in [0.4, 0.5) is 14.6 Å². The fraction of sp³-hybridized carbons (Fsp3) is 0.520. The van der Waals surface area contributed by atoms with E-state index in [-0.39, 0.29) is 42.3 Å². The Balaban J connectivity index is 1.50. The van der Waals surface area contributed by atoms with E-state index in [1.165, 1.54) is 12.1 Å². The van der Waals surface area contributed by atoms with Crippen LogP contribution in [0.25, 0.3) is 0 Å². The van der Waals surface area contributed by atoms with Gasteiger partial charge >= 0.3 is 0 Å². The Labute approximate surface area is 209 Å². The second kappa shape index (κ2) is 9.93. The lowest BCUT2D eigenvalue weighted by Crippen LogP contribution is -2.43. The first-order valence-electron chi connectivity index (χ1n) is 12.0. The van der Waals surface area contributed by atoms with E-state index in [2.05, 4.69) is 15.0 Å². The number of nitrogens with one attached hydrogen (secondary N) is 2. The van der Waals surface area contributed by atoms with Gasteiger partial charge in [0.2, 0.25) is 5.92 Å². The maximum Gasteiger partial charge on any atom is 0.281 e. The number of carbonyl (C=O) groups excluding carboxylic acids is 1. The van der Waals surface area contributed by atoms with E-state index in [0.717, 1.165) is 11.1 Å². The van der Waals surface area contributed by atoms with E-state index in [1.54, 1.807) is 19.1 Å². The van der Waals surface area contributed by atoms with Crippen molar-refractivity contribution in [2.45, 2.75) is 80.9 Å². The van der Waals surface area contributed by atoms with Crippen molar-refractivity contribution in [3.8, 4) is 5.75 Å². The van der Waals surface area contributed by atoms with E-state index in [4.69, 9.17) is 4.74 Å². The fourth-order valence-corrected chi connectivity index (χ4v) is 5.34. The van der Waals surface area contributed by atoms with Crippen LogP contribution in [0.5, 0.6) is 5.75 Å². The average molecular weight is 524 g/mol. The predicted octanol–water partition coefficient (Wildman–Crippen LogP) is 3.89. The molecule has 0 saturated heterocycles. The number of hydrogen-bond donors (Lipinski definition) is 3. The number of aliphatic hydroxyl groups excluding tert-OH is 1. The summed E-state index contributed by atoms with van der Waals surface area (Å²) in [7, 11) is -4.29. The van der Waals surface area contributed by atoms with Crippen molar-refractivity contribution in [1.82, 2.24) is 9.71 Å². The smallest absolute Gasteiger partial charge is 0.281 e. The number of pyridine rings is 1. The molecule has 1 heterocycles. The lowest BCUT2D eigenvalue weighted by Gasteiger charge is -2.30. The molecule has 0 spiro atoms. The Bertz CT molecular complexity index is 1220. The summed E-state index contributed by atoms with van der Waals surface area (Å²) in [5, 5.41) is 11.7. The number of ether oxygens (including phenoxy) is 1. The number of halogens is 2. The van der Waals surface area contributed by atoms with Gasteiger partial charge in [-0.15, -0.1) is 0 Å². The normalized spacial score (nSPS) is 19.8. The van der Waals surface area contributed by atoms with Crippen LogP contribution in [-0.4, -0.2) is 48.6 Å². The van der Waals surface area contributed by atoms with Gasteiger partial charge in [0.05, 0.1) is 6.61 Å². The summed E-state index contributed by atoms with van der Waals surface area (Å²) in [6.45, 7) is 3.40. The standard InChI is InChI=1S/C25H31F2N3O5S/c1-16-6-7-19(18-8-10-25(26,27)11-9-18)20(14-16)35-24(12-13-24)23(32)30-36(33,34)22-5-3-4-21(29-22)28-17(2)15-31/h3-7,14,17-18,31H,8-13,15H2,1-2H3,(H,28,29)(H,30,32). The van der Waals surface area contributed by atoms with Gasteiger partial charge < -0.3 is 15.2 Å². The number of aryl methyl sites for hydroxylation is 1. The summed E-state index contributed by atoms with van der Waals surface area (Å²) in [5.41, 5.74) is 0.288. The highest BCUT2D eigenvalue weighted by atomic mass is 32.2. The number of aromatic nitrogens is 1. The molecule has 2 aliphatic carbocycles. The summed E-state index contributed by atoms with van der Waals surface area (Å²) in [5.74, 6) is -2.91. The lowest BCUT2D eigenvalue weighted by atomic mass is 9.81. The van der Waals surface area contributed by atoms with Crippen molar-refractivity contribution < 1.29 is 31.8 Å². The first-order chi connectivity index (χ1) is 16.9. The molecule has 2 aliphatic rings. The highest BCUT2D eigenvalue weighted by molar-refractivity contribution is 7.90. The third kappa shape index (κ3) is 5.95. The van der Waals surface area contributed by atoms with Gasteiger partial charge in [-0.05, 0) is 61.9 Å². The summed E-state index contributed by atoms with van der Waals surface area (Å²) < 4.78 is 61.4. The minimum atomic E-state index is -4.29. The molecule has 2 saturated carbocycles. The molecule has 0 radical (unpaired) electrons. The molecule has 196 valence electrons. The molecule has 1 amide bonds. The quantitative estimate of drug-likeness (QED) is 0.456. The van der Waals surface area contributed by atoms with E-state index in [1.807, 2.05) is 19.1 Å². The van der Waals surface area contributed by atoms with Gasteiger partial charge in [-0.25, -0.2) is 18.5 Å². The number of alkyl halides is 2. The molecular weight excluding hydrogens is 492 g/mol. The van der Waals surface area contributed by atoms with Crippen LogP contribution in [0.15, 0.2) is 41.4 Å². The van der Waals surface area contributed by atoms with Crippen LogP contribution < -0.4 is 14.8 Å². The third-order valence-electron chi connectivity index (χ3n) is 6.64. The number of rotatable bonds is 9. The van der Waals surface area contributed by atoms with Gasteiger partial charge in [0, 0.05) is 31.7 Å². The number of carbonyl (C=O) groups is 1. The summed E-state index contributed by atoms with van der Waals surface area (Å²) in [4.78, 5) is 17.1. The topological polar surface area (TPSA) is 118 Å². The average Bonchev–Trinajstić information content (AvgIpc) is 3.60. The molecule has 2 aromatic rings. The zero-order valence-corrected chi connectivity index (χ0v) is 21.1. The van der Waals surface area contributed by atoms with E-state index in [0.29, 0.717) is 31.4 Å². The molecule has 0 aliphatic heterocycles. The second-order valence-electron chi connectivity index (χ2n) is 9.79. The molecule has 4 rings (SSSR count). The monoisotopic (exact) mass is 523 g/mol. The van der Waals surface area contributed by atoms with Gasteiger partial charge in [0.25, 0.3) is 15.9 Å². The maximum atomic E-state index is 13.7. The maximum absolute atomic E-state index is 13.7. The Morgan fingerprint density at radius 2 is 1.89 bits per heavy atom. The van der Waals surface area contributed by atoms with Crippen molar-refractivity contribution in [1.29, 1.82) is 0 Å². The van der Waals surface area contributed by atoms with Gasteiger partial charge in [-0.1, -0.05) is 18.2 Å². The number of amides is 1. The zero-order valence-electron chi connectivity index (χ0n) is 20.3. The Kier molecular flexibility index (Phi) is 7.25. The first-order valence-corrected chi connectivity index (χ1v) is 13.5. The zero-order chi connectivity index (χ0) is 26.1. The number of anilines is 1. The van der Waals surface area contributed by atoms with E-state index < -0.39 is 27.5 Å². The minimum Gasteiger partial charge on any atom is -0.477 e. The summed E-state index contributed by atoms with van der Waals surface area (Å²) >= 11 is 0. The molecule has 3 N–H and O–H groups in total. The number of sulfonamides is 1. The van der Waals surface area contributed by atoms with Crippen molar-refractivity contribution in [3.05, 3.63) is 47.5 Å². The second-order valence-corrected chi connectivity index (χ2v) is 11.4. The molecule has 36 heavy (non-hydrogen) atoms. The van der Waals surface area contributed by atoms with Crippen LogP contribution in [0, 0.1) is 6.92 Å². The van der Waals surface area contributed by atoms with Crippen molar-refractivity contribution in [3.63, 3.8) is 0 Å². The summed E-state index contributed by atoms with van der Waals surface area (Å²) in [6, 6.07) is 9.45. The highest BCUT2D eigenvalue weighted by Crippen LogP contribution is 2.47. The first kappa shape index (κ1) is 26.3. The lowest BCUT2D eigenvalue weighted by molar-refractivity contribution is -0.128. The van der Waals surface area contributed by atoms with Gasteiger partial charge in [-0.2, -0.15) is 8.42 Å². The van der Waals surface area contributed by atoms with Crippen LogP contribution in [0.1, 0.15) is 62.5 Å². The highest BCUT2D eigenvalue weighted by Gasteiger charge is 2.54. The van der Waals surface area contributed by atoms with Crippen molar-refractivity contribution >= 4 is 21.7 Å². The fourth-order valence-electron chi connectivity index (χ4n) is 4.33. The molecule has 11 heteroatoms. The third-order valence-corrected chi connectivity index (χ3v) is 7.88. The van der Waals surface area contributed by atoms with Crippen molar-refractivity contribution in [2.75, 3.05) is 11.9 Å². The Morgan fingerprint density at radius 1 is 1.19 bits per heavy atom. The largest absolute Gasteiger partial charge is 0.477 e. The van der Waals surface area contributed by atoms with Gasteiger partial charge in [0.15, 0.2) is 10.6 Å². The summed E-state index contributed by atoms with van der Waals surface area (Å²) in [6.07, 6.45) is 0.872. The van der Waals surface area contributed by atoms with E-state index >= 15 is 0 Å². The predicted molar refractivity (Wildman–Crippen MR) is 130 cm³/mol. The molecule has 1 atom stereocenters. The number of hydrogen-bond acceptors (Lipinski definition) is 7. The molecule has 1 unspecified atom stereocenters. The van der Waals surface area contributed by atoms with Crippen molar-refractivity contribution in [2.24, 2.45) is 0 Å². The number of aliphatic hydroxyl groups is 1. The van der Waals surface area contributed by atoms with Crippen LogP contribution in [0.2, 0.25) is 0 Å². The van der Waals surface area contributed by atoms with Gasteiger partial charge in [-0.3, -0.25) is 4.79 Å². The number of benzene rings is 1. The SMILES string of the molecule is Cc1ccc(C2CCC(F)(F)CC2)c(OC2(C(=O)NS(=O)(=O)c3cccc(NC(C)CO)n3)CC2)c1. The van der Waals surface area contributed by atoms with Gasteiger partial charge in [0.1, 0.15) is 11.6 Å². The Hall–Kier alpha value is -2.79. The molecule has 0 bridgehead atoms. The van der Waals surface area contributed by atoms with Crippen LogP contribution in [-0.2, 0) is 14.8 Å². The Morgan fingerprint density at radius 3 is 2.53 bits per heavy atom. The molecule has 1 aromatic carbocycles. The van der Waals surface area contributed by atoms with Crippen LogP contribution in [0.3, 0.4) is 0 Å². The molecular formula is C25H31F2N3O5S. The number of nitrogens with zero attached hydrogens (tertiary/aromatic N) is 1.